The van der Waals surface area contributed by atoms with Crippen LogP contribution in [0.1, 0.15) is 25.5 Å². The van der Waals surface area contributed by atoms with Crippen molar-refractivity contribution >= 4 is 44.5 Å². The van der Waals surface area contributed by atoms with Crippen molar-refractivity contribution in [3.05, 3.63) is 30.0 Å². The Kier molecular flexibility index (Phi) is 5.48. The van der Waals surface area contributed by atoms with E-state index in [4.69, 9.17) is 0 Å². The van der Waals surface area contributed by atoms with Gasteiger partial charge in [0.15, 0.2) is 10.7 Å². The summed E-state index contributed by atoms with van der Waals surface area (Å²) in [5, 5.41) is 6.58. The fourth-order valence-corrected chi connectivity index (χ4v) is 4.86. The highest BCUT2D eigenvalue weighted by atomic mass is 32.2. The van der Waals surface area contributed by atoms with Gasteiger partial charge in [0.2, 0.25) is 5.91 Å². The molecule has 1 saturated heterocycles. The molecule has 2 aromatic rings. The lowest BCUT2D eigenvalue weighted by Gasteiger charge is -2.38. The van der Waals surface area contributed by atoms with E-state index in [2.05, 4.69) is 60.7 Å². The minimum Gasteiger partial charge on any atom is -0.347 e. The standard InChI is InChI=1S/C17H23N7OS2/c1-11(13-3-4-14-10-18-27-15(14)9-13)23-5-7-24(8-6-23)17-22-21-16(26-17)20-19-12(2)25/h3-4,9-11,16,20-21H,5-8H2,1-2H3,(H,19,25). The number of nitrogens with zero attached hydrogens (tertiary/aromatic N) is 4. The molecule has 1 fully saturated rings. The number of nitrogens with one attached hydrogen (secondary N) is 3. The first kappa shape index (κ1) is 18.5. The molecule has 10 heteroatoms. The van der Waals surface area contributed by atoms with Crippen LogP contribution in [0.4, 0.5) is 0 Å². The van der Waals surface area contributed by atoms with Crippen LogP contribution in [0.25, 0.3) is 10.1 Å². The Morgan fingerprint density at radius 3 is 2.93 bits per heavy atom. The second-order valence-electron chi connectivity index (χ2n) is 6.67. The van der Waals surface area contributed by atoms with Crippen molar-refractivity contribution < 1.29 is 4.79 Å². The van der Waals surface area contributed by atoms with E-state index in [0.717, 1.165) is 31.3 Å². The number of hydrogen-bond acceptors (Lipinski definition) is 9. The maximum absolute atomic E-state index is 11.0. The molecule has 8 nitrogen and oxygen atoms in total. The summed E-state index contributed by atoms with van der Waals surface area (Å²) in [5.74, 6) is -0.120. The van der Waals surface area contributed by atoms with E-state index in [0.29, 0.717) is 6.04 Å². The maximum Gasteiger partial charge on any atom is 0.231 e. The van der Waals surface area contributed by atoms with Gasteiger partial charge in [0.1, 0.15) is 0 Å². The first-order chi connectivity index (χ1) is 13.1. The highest BCUT2D eigenvalue weighted by Gasteiger charge is 2.28. The summed E-state index contributed by atoms with van der Waals surface area (Å²) in [6.45, 7) is 7.60. The van der Waals surface area contributed by atoms with Gasteiger partial charge in [-0.15, -0.1) is 0 Å². The Morgan fingerprint density at radius 1 is 1.33 bits per heavy atom. The summed E-state index contributed by atoms with van der Waals surface area (Å²) in [7, 11) is 0. The van der Waals surface area contributed by atoms with Crippen LogP contribution in [0.15, 0.2) is 29.5 Å². The Bertz CT molecular complexity index is 847. The number of fused-ring (bicyclic) bond motifs is 1. The van der Waals surface area contributed by atoms with Gasteiger partial charge in [0.05, 0.1) is 4.70 Å². The minimum atomic E-state index is -0.132. The third kappa shape index (κ3) is 4.18. The SMILES string of the molecule is CC(=O)NNC1NN=C(N2CCN(C(C)c3ccc4cnsc4c3)CC2)S1. The summed E-state index contributed by atoms with van der Waals surface area (Å²) in [6.07, 6.45) is 1.93. The van der Waals surface area contributed by atoms with Crippen molar-refractivity contribution in [2.45, 2.75) is 25.4 Å². The number of benzene rings is 1. The molecule has 0 radical (unpaired) electrons. The van der Waals surface area contributed by atoms with Crippen LogP contribution in [0, 0.1) is 0 Å². The summed E-state index contributed by atoms with van der Waals surface area (Å²) < 4.78 is 5.52. The molecule has 2 atom stereocenters. The third-order valence-electron chi connectivity index (χ3n) is 4.88. The molecule has 0 saturated carbocycles. The second kappa shape index (κ2) is 8.01. The quantitative estimate of drug-likeness (QED) is 0.665. The van der Waals surface area contributed by atoms with Gasteiger partial charge in [-0.1, -0.05) is 12.1 Å². The number of aromatic nitrogens is 1. The minimum absolute atomic E-state index is 0.120. The zero-order chi connectivity index (χ0) is 18.8. The van der Waals surface area contributed by atoms with Gasteiger partial charge in [-0.25, -0.2) is 5.43 Å². The van der Waals surface area contributed by atoms with E-state index in [1.807, 2.05) is 6.20 Å². The summed E-state index contributed by atoms with van der Waals surface area (Å²) in [5.41, 5.74) is 9.70. The van der Waals surface area contributed by atoms with Crippen molar-refractivity contribution in [2.24, 2.45) is 5.10 Å². The van der Waals surface area contributed by atoms with Crippen molar-refractivity contribution in [3.8, 4) is 0 Å². The van der Waals surface area contributed by atoms with E-state index in [9.17, 15) is 4.79 Å². The van der Waals surface area contributed by atoms with E-state index < -0.39 is 0 Å². The summed E-state index contributed by atoms with van der Waals surface area (Å²) in [6, 6.07) is 7.03. The molecule has 27 heavy (non-hydrogen) atoms. The lowest BCUT2D eigenvalue weighted by atomic mass is 10.1. The van der Waals surface area contributed by atoms with Gasteiger partial charge in [-0.05, 0) is 41.8 Å². The van der Waals surface area contributed by atoms with Gasteiger partial charge in [-0.3, -0.25) is 20.5 Å². The monoisotopic (exact) mass is 405 g/mol. The molecule has 144 valence electrons. The number of rotatable bonds is 4. The molecule has 1 amide bonds. The molecule has 0 bridgehead atoms. The Morgan fingerprint density at radius 2 is 2.15 bits per heavy atom. The molecule has 1 aromatic heterocycles. The fourth-order valence-electron chi connectivity index (χ4n) is 3.29. The Labute approximate surface area is 166 Å². The van der Waals surface area contributed by atoms with Crippen molar-refractivity contribution in [1.29, 1.82) is 0 Å². The van der Waals surface area contributed by atoms with Crippen molar-refractivity contribution in [2.75, 3.05) is 26.2 Å². The molecule has 1 aromatic carbocycles. The van der Waals surface area contributed by atoms with Gasteiger partial charge >= 0.3 is 0 Å². The topological polar surface area (TPSA) is 84.9 Å². The maximum atomic E-state index is 11.0. The molecule has 2 aliphatic heterocycles. The lowest BCUT2D eigenvalue weighted by molar-refractivity contribution is -0.120. The van der Waals surface area contributed by atoms with Crippen LogP contribution in [0.5, 0.6) is 0 Å². The summed E-state index contributed by atoms with van der Waals surface area (Å²) >= 11 is 3.14. The van der Waals surface area contributed by atoms with Gasteiger partial charge in [-0.2, -0.15) is 9.47 Å². The van der Waals surface area contributed by atoms with Gasteiger partial charge in [0.25, 0.3) is 0 Å². The molecule has 2 unspecified atom stereocenters. The predicted octanol–water partition coefficient (Wildman–Crippen LogP) is 1.51. The number of carbonyl (C=O) groups is 1. The van der Waals surface area contributed by atoms with Gasteiger partial charge in [0, 0.05) is 50.7 Å². The number of amides is 1. The van der Waals surface area contributed by atoms with Crippen LogP contribution in [-0.2, 0) is 4.79 Å². The molecule has 0 spiro atoms. The van der Waals surface area contributed by atoms with Crippen LogP contribution in [0.2, 0.25) is 0 Å². The van der Waals surface area contributed by atoms with Crippen LogP contribution < -0.4 is 16.3 Å². The predicted molar refractivity (Wildman–Crippen MR) is 110 cm³/mol. The Hall–Kier alpha value is -1.88. The molecule has 4 rings (SSSR count). The number of amidine groups is 1. The largest absolute Gasteiger partial charge is 0.347 e. The van der Waals surface area contributed by atoms with E-state index in [-0.39, 0.29) is 11.4 Å². The first-order valence-corrected chi connectivity index (χ1v) is 10.6. The van der Waals surface area contributed by atoms with Gasteiger partial charge < -0.3 is 4.90 Å². The molecular formula is C17H23N7OS2. The fraction of sp³-hybridized carbons (Fsp3) is 0.471. The van der Waals surface area contributed by atoms with Crippen molar-refractivity contribution in [1.82, 2.24) is 30.5 Å². The number of hydrazone groups is 1. The van der Waals surface area contributed by atoms with Crippen LogP contribution in [0.3, 0.4) is 0 Å². The zero-order valence-corrected chi connectivity index (χ0v) is 16.9. The average Bonchev–Trinajstić information content (AvgIpc) is 3.34. The number of thioether (sulfide) groups is 1. The van der Waals surface area contributed by atoms with Crippen LogP contribution >= 0.6 is 23.3 Å². The highest BCUT2D eigenvalue weighted by Crippen LogP contribution is 2.28. The first-order valence-electron chi connectivity index (χ1n) is 8.95. The molecule has 0 aliphatic carbocycles. The normalized spacial score (nSPS) is 21.8. The van der Waals surface area contributed by atoms with Crippen molar-refractivity contribution in [3.63, 3.8) is 0 Å². The van der Waals surface area contributed by atoms with E-state index >= 15 is 0 Å². The number of piperazine rings is 1. The molecular weight excluding hydrogens is 382 g/mol. The van der Waals surface area contributed by atoms with Crippen LogP contribution in [-0.4, -0.2) is 56.9 Å². The Balaban J connectivity index is 1.30. The second-order valence-corrected chi connectivity index (χ2v) is 8.57. The highest BCUT2D eigenvalue weighted by molar-refractivity contribution is 8.14. The average molecular weight is 406 g/mol. The number of hydrogen-bond donors (Lipinski definition) is 3. The zero-order valence-electron chi connectivity index (χ0n) is 15.3. The lowest BCUT2D eigenvalue weighted by Crippen LogP contribution is -2.49. The summed E-state index contributed by atoms with van der Waals surface area (Å²) in [4.78, 5) is 15.8. The number of carbonyl (C=O) groups excluding carboxylic acids is 1. The molecule has 2 aliphatic rings. The molecule has 3 N–H and O–H groups in total. The van der Waals surface area contributed by atoms with E-state index in [1.165, 1.54) is 22.6 Å². The molecule has 3 heterocycles. The van der Waals surface area contributed by atoms with E-state index in [1.54, 1.807) is 23.3 Å². The number of hydrazine groups is 1. The smallest absolute Gasteiger partial charge is 0.231 e. The third-order valence-corrected chi connectivity index (χ3v) is 6.66.